The Morgan fingerprint density at radius 1 is 1.56 bits per heavy atom. The lowest BCUT2D eigenvalue weighted by Crippen LogP contribution is -2.24. The number of rotatable bonds is 4. The van der Waals surface area contributed by atoms with E-state index < -0.39 is 5.97 Å². The summed E-state index contributed by atoms with van der Waals surface area (Å²) in [6.07, 6.45) is 2.04. The maximum absolute atomic E-state index is 11.2. The van der Waals surface area contributed by atoms with Crippen molar-refractivity contribution in [2.45, 2.75) is 19.8 Å². The van der Waals surface area contributed by atoms with E-state index in [1.807, 2.05) is 0 Å². The summed E-state index contributed by atoms with van der Waals surface area (Å²) in [4.78, 5) is 11.2. The normalized spacial score (nSPS) is 16.8. The fourth-order valence-corrected chi connectivity index (χ4v) is 2.31. The van der Waals surface area contributed by atoms with Crippen LogP contribution in [0.2, 0.25) is 0 Å². The van der Waals surface area contributed by atoms with Gasteiger partial charge in [0.1, 0.15) is 11.4 Å². The van der Waals surface area contributed by atoms with Gasteiger partial charge in [-0.2, -0.15) is 5.10 Å². The zero-order chi connectivity index (χ0) is 13.1. The minimum absolute atomic E-state index is 0.268. The Morgan fingerprint density at radius 3 is 2.83 bits per heavy atom. The molecule has 2 N–H and O–H groups in total. The number of carboxylic acids is 1. The van der Waals surface area contributed by atoms with E-state index in [4.69, 9.17) is 4.74 Å². The molecular formula is C12H19N3O3. The number of carboxylic acid groups (broad SMARTS) is 1. The van der Waals surface area contributed by atoms with Crippen LogP contribution in [0.15, 0.2) is 0 Å². The molecule has 1 aromatic rings. The molecule has 0 saturated carbocycles. The minimum Gasteiger partial charge on any atom is -0.477 e. The quantitative estimate of drug-likeness (QED) is 0.845. The van der Waals surface area contributed by atoms with Crippen molar-refractivity contribution in [1.82, 2.24) is 9.78 Å². The van der Waals surface area contributed by atoms with E-state index in [0.717, 1.165) is 32.6 Å². The van der Waals surface area contributed by atoms with Crippen LogP contribution in [0.3, 0.4) is 0 Å². The van der Waals surface area contributed by atoms with E-state index in [1.165, 1.54) is 0 Å². The molecule has 0 atom stereocenters. The van der Waals surface area contributed by atoms with Gasteiger partial charge >= 0.3 is 5.97 Å². The van der Waals surface area contributed by atoms with Gasteiger partial charge in [0.05, 0.1) is 5.69 Å². The van der Waals surface area contributed by atoms with Gasteiger partial charge in [0, 0.05) is 26.8 Å². The van der Waals surface area contributed by atoms with Gasteiger partial charge in [-0.05, 0) is 25.7 Å². The SMILES string of the molecule is Cc1nn(C)c(NCC2CCOCC2)c1C(=O)O. The Bertz CT molecular complexity index is 436. The highest BCUT2D eigenvalue weighted by Gasteiger charge is 2.21. The molecule has 6 nitrogen and oxygen atoms in total. The molecule has 18 heavy (non-hydrogen) atoms. The lowest BCUT2D eigenvalue weighted by atomic mass is 10.0. The van der Waals surface area contributed by atoms with E-state index in [2.05, 4.69) is 10.4 Å². The van der Waals surface area contributed by atoms with Crippen LogP contribution in [0.5, 0.6) is 0 Å². The van der Waals surface area contributed by atoms with Crippen LogP contribution in [-0.4, -0.2) is 40.6 Å². The molecule has 0 amide bonds. The van der Waals surface area contributed by atoms with Crippen LogP contribution in [-0.2, 0) is 11.8 Å². The number of hydrogen-bond acceptors (Lipinski definition) is 4. The zero-order valence-electron chi connectivity index (χ0n) is 10.8. The van der Waals surface area contributed by atoms with Gasteiger partial charge in [-0.25, -0.2) is 4.79 Å². The average molecular weight is 253 g/mol. The Kier molecular flexibility index (Phi) is 3.86. The fourth-order valence-electron chi connectivity index (χ4n) is 2.31. The van der Waals surface area contributed by atoms with Crippen molar-refractivity contribution in [2.75, 3.05) is 25.1 Å². The maximum atomic E-state index is 11.2. The number of anilines is 1. The first-order valence-electron chi connectivity index (χ1n) is 6.18. The molecule has 100 valence electrons. The molecule has 1 aromatic heterocycles. The van der Waals surface area contributed by atoms with Crippen molar-refractivity contribution in [2.24, 2.45) is 13.0 Å². The monoisotopic (exact) mass is 253 g/mol. The molecule has 1 aliphatic rings. The Labute approximate surface area is 106 Å². The van der Waals surface area contributed by atoms with E-state index in [-0.39, 0.29) is 5.56 Å². The highest BCUT2D eigenvalue weighted by atomic mass is 16.5. The zero-order valence-corrected chi connectivity index (χ0v) is 10.8. The molecule has 0 bridgehead atoms. The standard InChI is InChI=1S/C12H19N3O3/c1-8-10(12(16)17)11(15(2)14-8)13-7-9-3-5-18-6-4-9/h9,13H,3-7H2,1-2H3,(H,16,17). The molecular weight excluding hydrogens is 234 g/mol. The summed E-state index contributed by atoms with van der Waals surface area (Å²) >= 11 is 0. The van der Waals surface area contributed by atoms with E-state index in [9.17, 15) is 9.90 Å². The van der Waals surface area contributed by atoms with Crippen LogP contribution in [0.1, 0.15) is 28.9 Å². The first-order chi connectivity index (χ1) is 8.59. The number of nitrogens with one attached hydrogen (secondary N) is 1. The van der Waals surface area contributed by atoms with E-state index in [0.29, 0.717) is 17.4 Å². The third kappa shape index (κ3) is 2.64. The summed E-state index contributed by atoms with van der Waals surface area (Å²) < 4.78 is 6.90. The Morgan fingerprint density at radius 2 is 2.22 bits per heavy atom. The molecule has 2 heterocycles. The van der Waals surface area contributed by atoms with Crippen LogP contribution in [0, 0.1) is 12.8 Å². The van der Waals surface area contributed by atoms with Crippen LogP contribution < -0.4 is 5.32 Å². The van der Waals surface area contributed by atoms with E-state index >= 15 is 0 Å². The van der Waals surface area contributed by atoms with Gasteiger partial charge < -0.3 is 15.2 Å². The Hall–Kier alpha value is -1.56. The molecule has 1 fully saturated rings. The summed E-state index contributed by atoms with van der Waals surface area (Å²) in [7, 11) is 1.76. The molecule has 6 heteroatoms. The smallest absolute Gasteiger partial charge is 0.341 e. The highest BCUT2D eigenvalue weighted by Crippen LogP contribution is 2.21. The molecule has 0 aromatic carbocycles. The number of ether oxygens (including phenoxy) is 1. The number of carbonyl (C=O) groups is 1. The Balaban J connectivity index is 2.06. The molecule has 2 rings (SSSR count). The van der Waals surface area contributed by atoms with Crippen molar-refractivity contribution in [3.63, 3.8) is 0 Å². The fraction of sp³-hybridized carbons (Fsp3) is 0.667. The van der Waals surface area contributed by atoms with Gasteiger partial charge in [0.25, 0.3) is 0 Å². The first kappa shape index (κ1) is 12.9. The largest absolute Gasteiger partial charge is 0.477 e. The predicted octanol–water partition coefficient (Wildman–Crippen LogP) is 1.27. The molecule has 0 radical (unpaired) electrons. The number of nitrogens with zero attached hydrogens (tertiary/aromatic N) is 2. The summed E-state index contributed by atoms with van der Waals surface area (Å²) in [5.74, 6) is 0.192. The summed E-state index contributed by atoms with van der Waals surface area (Å²) in [5, 5.41) is 16.5. The lowest BCUT2D eigenvalue weighted by molar-refractivity contribution is 0.0688. The van der Waals surface area contributed by atoms with Crippen LogP contribution in [0.25, 0.3) is 0 Å². The molecule has 1 aliphatic heterocycles. The van der Waals surface area contributed by atoms with Gasteiger partial charge in [-0.3, -0.25) is 4.68 Å². The second-order valence-corrected chi connectivity index (χ2v) is 4.67. The van der Waals surface area contributed by atoms with Crippen molar-refractivity contribution in [1.29, 1.82) is 0 Å². The number of hydrogen-bond donors (Lipinski definition) is 2. The number of aryl methyl sites for hydroxylation is 2. The third-order valence-electron chi connectivity index (χ3n) is 3.34. The van der Waals surface area contributed by atoms with Crippen LogP contribution >= 0.6 is 0 Å². The van der Waals surface area contributed by atoms with Gasteiger partial charge in [0.15, 0.2) is 0 Å². The molecule has 1 saturated heterocycles. The second kappa shape index (κ2) is 5.39. The maximum Gasteiger partial charge on any atom is 0.341 e. The molecule has 0 aliphatic carbocycles. The topological polar surface area (TPSA) is 76.4 Å². The van der Waals surface area contributed by atoms with Gasteiger partial charge in [-0.15, -0.1) is 0 Å². The second-order valence-electron chi connectivity index (χ2n) is 4.67. The van der Waals surface area contributed by atoms with Gasteiger partial charge in [0.2, 0.25) is 0 Å². The van der Waals surface area contributed by atoms with Crippen molar-refractivity contribution in [3.05, 3.63) is 11.3 Å². The first-order valence-corrected chi connectivity index (χ1v) is 6.18. The summed E-state index contributed by atoms with van der Waals surface area (Å²) in [5.41, 5.74) is 0.809. The van der Waals surface area contributed by atoms with E-state index in [1.54, 1.807) is 18.7 Å². The average Bonchev–Trinajstić information content (AvgIpc) is 2.62. The number of aromatic nitrogens is 2. The molecule has 0 unspecified atom stereocenters. The van der Waals surface area contributed by atoms with Crippen LogP contribution in [0.4, 0.5) is 5.82 Å². The van der Waals surface area contributed by atoms with Crippen molar-refractivity contribution in [3.8, 4) is 0 Å². The van der Waals surface area contributed by atoms with Crippen molar-refractivity contribution < 1.29 is 14.6 Å². The predicted molar refractivity (Wildman–Crippen MR) is 66.9 cm³/mol. The summed E-state index contributed by atoms with van der Waals surface area (Å²) in [6, 6.07) is 0. The number of aromatic carboxylic acids is 1. The highest BCUT2D eigenvalue weighted by molar-refractivity contribution is 5.94. The van der Waals surface area contributed by atoms with Crippen molar-refractivity contribution >= 4 is 11.8 Å². The lowest BCUT2D eigenvalue weighted by Gasteiger charge is -2.22. The third-order valence-corrected chi connectivity index (χ3v) is 3.34. The summed E-state index contributed by atoms with van der Waals surface area (Å²) in [6.45, 7) is 4.07. The van der Waals surface area contributed by atoms with Gasteiger partial charge in [-0.1, -0.05) is 0 Å². The minimum atomic E-state index is -0.935. The molecule has 0 spiro atoms.